The fraction of sp³-hybridized carbons (Fsp3) is 0.111. The first kappa shape index (κ1) is 15.6. The lowest BCUT2D eigenvalue weighted by Crippen LogP contribution is -2.18. The van der Waals surface area contributed by atoms with Gasteiger partial charge in [0.1, 0.15) is 11.4 Å². The SMILES string of the molecule is COc1ccccc1C(=O)Nc1cc2cccc(OC)c2oc1=O. The number of rotatable bonds is 4. The average molecular weight is 325 g/mol. The minimum Gasteiger partial charge on any atom is -0.496 e. The fourth-order valence-corrected chi connectivity index (χ4v) is 2.39. The van der Waals surface area contributed by atoms with Gasteiger partial charge in [0.15, 0.2) is 11.3 Å². The summed E-state index contributed by atoms with van der Waals surface area (Å²) in [5.41, 5.74) is 0.0485. The molecule has 0 saturated carbocycles. The number of carbonyl (C=O) groups excluding carboxylic acids is 1. The molecule has 3 aromatic rings. The molecule has 1 amide bonds. The molecule has 0 aliphatic carbocycles. The normalized spacial score (nSPS) is 10.4. The van der Waals surface area contributed by atoms with Crippen molar-refractivity contribution < 1.29 is 18.7 Å². The summed E-state index contributed by atoms with van der Waals surface area (Å²) in [6.07, 6.45) is 0. The zero-order chi connectivity index (χ0) is 17.1. The number of hydrogen-bond acceptors (Lipinski definition) is 5. The van der Waals surface area contributed by atoms with Gasteiger partial charge in [0.05, 0.1) is 19.8 Å². The molecule has 0 fully saturated rings. The molecule has 6 nitrogen and oxygen atoms in total. The highest BCUT2D eigenvalue weighted by molar-refractivity contribution is 6.06. The number of ether oxygens (including phenoxy) is 2. The fourth-order valence-electron chi connectivity index (χ4n) is 2.39. The molecule has 0 bridgehead atoms. The van der Waals surface area contributed by atoms with Crippen molar-refractivity contribution in [1.82, 2.24) is 0 Å². The Bertz CT molecular complexity index is 961. The van der Waals surface area contributed by atoms with E-state index in [0.717, 1.165) is 0 Å². The van der Waals surface area contributed by atoms with E-state index < -0.39 is 11.5 Å². The van der Waals surface area contributed by atoms with Gasteiger partial charge in [-0.1, -0.05) is 24.3 Å². The molecule has 3 rings (SSSR count). The van der Waals surface area contributed by atoms with Gasteiger partial charge in [0.2, 0.25) is 0 Å². The summed E-state index contributed by atoms with van der Waals surface area (Å²) >= 11 is 0. The number of para-hydroxylation sites is 2. The van der Waals surface area contributed by atoms with Crippen molar-refractivity contribution in [1.29, 1.82) is 0 Å². The Hall–Kier alpha value is -3.28. The van der Waals surface area contributed by atoms with Gasteiger partial charge in [-0.3, -0.25) is 4.79 Å². The van der Waals surface area contributed by atoms with Gasteiger partial charge in [-0.2, -0.15) is 0 Å². The van der Waals surface area contributed by atoms with Crippen LogP contribution in [0.2, 0.25) is 0 Å². The van der Waals surface area contributed by atoms with Crippen molar-refractivity contribution in [2.24, 2.45) is 0 Å². The molecule has 0 spiro atoms. The first-order valence-corrected chi connectivity index (χ1v) is 7.19. The maximum Gasteiger partial charge on any atom is 0.360 e. The highest BCUT2D eigenvalue weighted by Gasteiger charge is 2.15. The predicted octanol–water partition coefficient (Wildman–Crippen LogP) is 3.06. The summed E-state index contributed by atoms with van der Waals surface area (Å²) in [6.45, 7) is 0. The number of fused-ring (bicyclic) bond motifs is 1. The van der Waals surface area contributed by atoms with Crippen molar-refractivity contribution in [2.45, 2.75) is 0 Å². The molecule has 1 heterocycles. The van der Waals surface area contributed by atoms with Gasteiger partial charge in [0.25, 0.3) is 5.91 Å². The standard InChI is InChI=1S/C18H15NO5/c1-22-14-8-4-3-7-12(14)17(20)19-13-10-11-6-5-9-15(23-2)16(11)24-18(13)21/h3-10H,1-2H3,(H,19,20). The number of hydrogen-bond donors (Lipinski definition) is 1. The average Bonchev–Trinajstić information content (AvgIpc) is 2.61. The van der Waals surface area contributed by atoms with Gasteiger partial charge in [-0.05, 0) is 24.3 Å². The van der Waals surface area contributed by atoms with Crippen molar-refractivity contribution in [2.75, 3.05) is 19.5 Å². The lowest BCUT2D eigenvalue weighted by molar-refractivity contribution is 0.102. The molecule has 24 heavy (non-hydrogen) atoms. The van der Waals surface area contributed by atoms with Crippen LogP contribution in [0.4, 0.5) is 5.69 Å². The third-order valence-electron chi connectivity index (χ3n) is 3.54. The third-order valence-corrected chi connectivity index (χ3v) is 3.54. The summed E-state index contributed by atoms with van der Waals surface area (Å²) < 4.78 is 15.6. The van der Waals surface area contributed by atoms with Crippen LogP contribution in [0, 0.1) is 0 Å². The Morgan fingerprint density at radius 3 is 2.46 bits per heavy atom. The third kappa shape index (κ3) is 2.81. The second-order valence-corrected chi connectivity index (χ2v) is 4.98. The quantitative estimate of drug-likeness (QED) is 0.746. The number of anilines is 1. The van der Waals surface area contributed by atoms with E-state index in [2.05, 4.69) is 5.32 Å². The topological polar surface area (TPSA) is 77.8 Å². The molecule has 6 heteroatoms. The second kappa shape index (κ2) is 6.45. The Morgan fingerprint density at radius 1 is 1.00 bits per heavy atom. The monoisotopic (exact) mass is 325 g/mol. The van der Waals surface area contributed by atoms with E-state index in [1.54, 1.807) is 48.5 Å². The second-order valence-electron chi connectivity index (χ2n) is 4.98. The lowest BCUT2D eigenvalue weighted by Gasteiger charge is -2.09. The van der Waals surface area contributed by atoms with Crippen LogP contribution in [-0.4, -0.2) is 20.1 Å². The summed E-state index contributed by atoms with van der Waals surface area (Å²) in [6, 6.07) is 13.5. The molecule has 0 atom stereocenters. The molecule has 122 valence electrons. The van der Waals surface area contributed by atoms with Crippen LogP contribution < -0.4 is 20.4 Å². The van der Waals surface area contributed by atoms with Crippen molar-refractivity contribution in [3.63, 3.8) is 0 Å². The lowest BCUT2D eigenvalue weighted by atomic mass is 10.1. The van der Waals surface area contributed by atoms with E-state index >= 15 is 0 Å². The molecule has 2 aromatic carbocycles. The largest absolute Gasteiger partial charge is 0.496 e. The molecule has 1 aromatic heterocycles. The van der Waals surface area contributed by atoms with E-state index in [1.807, 2.05) is 0 Å². The number of nitrogens with one attached hydrogen (secondary N) is 1. The first-order chi connectivity index (χ1) is 11.6. The Kier molecular flexibility index (Phi) is 4.20. The van der Waals surface area contributed by atoms with Crippen LogP contribution in [0.3, 0.4) is 0 Å². The van der Waals surface area contributed by atoms with E-state index in [9.17, 15) is 9.59 Å². The van der Waals surface area contributed by atoms with Gasteiger partial charge in [-0.25, -0.2) is 4.79 Å². The number of methoxy groups -OCH3 is 2. The van der Waals surface area contributed by atoms with Crippen molar-refractivity contribution >= 4 is 22.6 Å². The summed E-state index contributed by atoms with van der Waals surface area (Å²) in [5.74, 6) is 0.413. The van der Waals surface area contributed by atoms with E-state index in [4.69, 9.17) is 13.9 Å². The molecule has 0 unspecified atom stereocenters. The van der Waals surface area contributed by atoms with Gasteiger partial charge >= 0.3 is 5.63 Å². The van der Waals surface area contributed by atoms with Crippen LogP contribution in [0.25, 0.3) is 11.0 Å². The Balaban J connectivity index is 2.00. The van der Waals surface area contributed by atoms with Crippen molar-refractivity contribution in [3.8, 4) is 11.5 Å². The smallest absolute Gasteiger partial charge is 0.360 e. The van der Waals surface area contributed by atoms with Gasteiger partial charge < -0.3 is 19.2 Å². The Labute approximate surface area is 137 Å². The zero-order valence-corrected chi connectivity index (χ0v) is 13.2. The number of benzene rings is 2. The van der Waals surface area contributed by atoms with Gasteiger partial charge in [0, 0.05) is 5.39 Å². The molecule has 0 aliphatic heterocycles. The van der Waals surface area contributed by atoms with E-state index in [0.29, 0.717) is 28.0 Å². The summed E-state index contributed by atoms with van der Waals surface area (Å²) in [5, 5.41) is 3.21. The van der Waals surface area contributed by atoms with Crippen molar-refractivity contribution in [3.05, 3.63) is 64.5 Å². The van der Waals surface area contributed by atoms with E-state index in [1.165, 1.54) is 14.2 Å². The maximum absolute atomic E-state index is 12.4. The zero-order valence-electron chi connectivity index (χ0n) is 13.2. The first-order valence-electron chi connectivity index (χ1n) is 7.19. The Morgan fingerprint density at radius 2 is 1.71 bits per heavy atom. The highest BCUT2D eigenvalue weighted by atomic mass is 16.5. The maximum atomic E-state index is 12.4. The summed E-state index contributed by atoms with van der Waals surface area (Å²) in [4.78, 5) is 24.6. The highest BCUT2D eigenvalue weighted by Crippen LogP contribution is 2.26. The van der Waals surface area contributed by atoms with Crippen LogP contribution in [0.5, 0.6) is 11.5 Å². The molecule has 1 N–H and O–H groups in total. The minimum atomic E-state index is -0.657. The summed E-state index contributed by atoms with van der Waals surface area (Å²) in [7, 11) is 2.97. The predicted molar refractivity (Wildman–Crippen MR) is 90.0 cm³/mol. The van der Waals surface area contributed by atoms with Crippen LogP contribution in [-0.2, 0) is 0 Å². The molecular weight excluding hydrogens is 310 g/mol. The molecule has 0 saturated heterocycles. The van der Waals surface area contributed by atoms with Crippen LogP contribution in [0.15, 0.2) is 57.7 Å². The number of carbonyl (C=O) groups is 1. The molecular formula is C18H15NO5. The molecule has 0 radical (unpaired) electrons. The minimum absolute atomic E-state index is 0.0478. The van der Waals surface area contributed by atoms with Crippen LogP contribution >= 0.6 is 0 Å². The molecule has 0 aliphatic rings. The van der Waals surface area contributed by atoms with Gasteiger partial charge in [-0.15, -0.1) is 0 Å². The number of amides is 1. The van der Waals surface area contributed by atoms with Crippen LogP contribution in [0.1, 0.15) is 10.4 Å². The van der Waals surface area contributed by atoms with E-state index in [-0.39, 0.29) is 5.69 Å².